The minimum absolute atomic E-state index is 0.213. The van der Waals surface area contributed by atoms with Crippen LogP contribution in [0.3, 0.4) is 0 Å². The number of unbranched alkanes of at least 4 members (excludes halogenated alkanes) is 24. The van der Waals surface area contributed by atoms with Crippen LogP contribution in [-0.4, -0.2) is 89.0 Å². The van der Waals surface area contributed by atoms with Crippen LogP contribution in [0.15, 0.2) is 12.2 Å². The van der Waals surface area contributed by atoms with Crippen molar-refractivity contribution in [2.45, 2.75) is 237 Å². The summed E-state index contributed by atoms with van der Waals surface area (Å²) < 4.78 is 22.1. The first-order valence-electron chi connectivity index (χ1n) is 22.3. The second-order valence-corrected chi connectivity index (χ2v) is 15.5. The van der Waals surface area contributed by atoms with Crippen LogP contribution in [0.5, 0.6) is 0 Å². The molecule has 0 amide bonds. The van der Waals surface area contributed by atoms with Crippen LogP contribution in [0.4, 0.5) is 0 Å². The highest BCUT2D eigenvalue weighted by molar-refractivity contribution is 5.70. The topological polar surface area (TPSA) is 152 Å². The highest BCUT2D eigenvalue weighted by Gasteiger charge is 2.44. The van der Waals surface area contributed by atoms with Gasteiger partial charge in [-0.25, -0.2) is 0 Å². The van der Waals surface area contributed by atoms with E-state index in [1.807, 2.05) is 0 Å². The third-order valence-electron chi connectivity index (χ3n) is 10.4. The zero-order valence-electron chi connectivity index (χ0n) is 34.5. The maximum atomic E-state index is 12.8. The highest BCUT2D eigenvalue weighted by atomic mass is 16.7. The average Bonchev–Trinajstić information content (AvgIpc) is 3.17. The molecule has 0 spiro atoms. The van der Waals surface area contributed by atoms with E-state index in [9.17, 15) is 30.0 Å². The van der Waals surface area contributed by atoms with E-state index in [1.54, 1.807) is 0 Å². The monoisotopic (exact) mass is 771 g/mol. The zero-order chi connectivity index (χ0) is 39.5. The predicted molar refractivity (Wildman–Crippen MR) is 215 cm³/mol. The number of ether oxygens (including phenoxy) is 4. The van der Waals surface area contributed by atoms with Gasteiger partial charge >= 0.3 is 11.9 Å². The lowest BCUT2D eigenvalue weighted by molar-refractivity contribution is -0.305. The summed E-state index contributed by atoms with van der Waals surface area (Å²) in [6.45, 7) is 3.41. The molecule has 1 fully saturated rings. The lowest BCUT2D eigenvalue weighted by atomic mass is 9.99. The first-order chi connectivity index (χ1) is 26.3. The van der Waals surface area contributed by atoms with Crippen LogP contribution >= 0.6 is 0 Å². The van der Waals surface area contributed by atoms with Crippen molar-refractivity contribution in [1.29, 1.82) is 0 Å². The van der Waals surface area contributed by atoms with Gasteiger partial charge in [-0.15, -0.1) is 0 Å². The van der Waals surface area contributed by atoms with Crippen molar-refractivity contribution in [1.82, 2.24) is 0 Å². The van der Waals surface area contributed by atoms with Crippen LogP contribution in [0.25, 0.3) is 0 Å². The fraction of sp³-hybridized carbons (Fsp3) is 0.909. The average molecular weight is 771 g/mol. The number of carbonyl (C=O) groups is 2. The highest BCUT2D eigenvalue weighted by Crippen LogP contribution is 2.23. The fourth-order valence-electron chi connectivity index (χ4n) is 6.83. The Morgan fingerprint density at radius 1 is 0.556 bits per heavy atom. The molecule has 0 bridgehead atoms. The van der Waals surface area contributed by atoms with Gasteiger partial charge in [0.2, 0.25) is 0 Å². The van der Waals surface area contributed by atoms with Crippen LogP contribution < -0.4 is 0 Å². The predicted octanol–water partition coefficient (Wildman–Crippen LogP) is 9.17. The van der Waals surface area contributed by atoms with E-state index >= 15 is 0 Å². The van der Waals surface area contributed by atoms with Gasteiger partial charge in [0, 0.05) is 12.8 Å². The maximum Gasteiger partial charge on any atom is 0.306 e. The van der Waals surface area contributed by atoms with Gasteiger partial charge in [0.25, 0.3) is 0 Å². The van der Waals surface area contributed by atoms with Crippen LogP contribution in [0.1, 0.15) is 200 Å². The van der Waals surface area contributed by atoms with Crippen LogP contribution in [-0.2, 0) is 28.5 Å². The molecule has 0 aromatic carbocycles. The third kappa shape index (κ3) is 27.1. The minimum atomic E-state index is -1.59. The molecule has 1 heterocycles. The van der Waals surface area contributed by atoms with Crippen molar-refractivity contribution in [3.63, 3.8) is 0 Å². The van der Waals surface area contributed by atoms with E-state index in [2.05, 4.69) is 26.0 Å². The van der Waals surface area contributed by atoms with Gasteiger partial charge in [0.1, 0.15) is 31.0 Å². The van der Waals surface area contributed by atoms with Gasteiger partial charge in [-0.3, -0.25) is 9.59 Å². The van der Waals surface area contributed by atoms with E-state index < -0.39 is 49.4 Å². The summed E-state index contributed by atoms with van der Waals surface area (Å²) in [7, 11) is 0. The number of rotatable bonds is 37. The molecular weight excluding hydrogens is 688 g/mol. The first kappa shape index (κ1) is 50.5. The summed E-state index contributed by atoms with van der Waals surface area (Å²) >= 11 is 0. The van der Waals surface area contributed by atoms with Gasteiger partial charge in [0.15, 0.2) is 12.4 Å². The molecule has 6 atom stereocenters. The number of hydrogen-bond acceptors (Lipinski definition) is 10. The second kappa shape index (κ2) is 35.8. The van der Waals surface area contributed by atoms with Crippen molar-refractivity contribution in [2.24, 2.45) is 0 Å². The molecule has 318 valence electrons. The Labute approximate surface area is 329 Å². The normalized spacial score (nSPS) is 20.7. The minimum Gasteiger partial charge on any atom is -0.462 e. The van der Waals surface area contributed by atoms with E-state index in [0.29, 0.717) is 6.42 Å². The molecule has 0 aromatic heterocycles. The smallest absolute Gasteiger partial charge is 0.306 e. The number of esters is 2. The van der Waals surface area contributed by atoms with Crippen molar-refractivity contribution < 1.29 is 49.0 Å². The van der Waals surface area contributed by atoms with Gasteiger partial charge in [-0.1, -0.05) is 161 Å². The molecule has 10 nitrogen and oxygen atoms in total. The molecule has 54 heavy (non-hydrogen) atoms. The Kier molecular flexibility index (Phi) is 33.5. The maximum absolute atomic E-state index is 12.8. The van der Waals surface area contributed by atoms with E-state index in [4.69, 9.17) is 18.9 Å². The standard InChI is InChI=1S/C44H82O10/c1-3-5-7-9-11-13-15-16-17-18-19-20-21-22-23-25-27-29-31-33-40(47)53-37(36-52-44-43(50)42(49)41(48)38(34-45)54-44)35-51-39(46)32-30-28-26-24-14-12-10-8-6-4-2/h16-17,37-38,41-45,48-50H,3-15,18-36H2,1-2H3/b17-16-. The molecule has 0 radical (unpaired) electrons. The van der Waals surface area contributed by atoms with Crippen LogP contribution in [0, 0.1) is 0 Å². The van der Waals surface area contributed by atoms with Gasteiger partial charge in [-0.05, 0) is 38.5 Å². The quantitative estimate of drug-likeness (QED) is 0.0273. The summed E-state index contributed by atoms with van der Waals surface area (Å²) in [6.07, 6.45) is 29.4. The molecular formula is C44H82O10. The summed E-state index contributed by atoms with van der Waals surface area (Å²) in [4.78, 5) is 25.2. The molecule has 10 heteroatoms. The van der Waals surface area contributed by atoms with Crippen molar-refractivity contribution >= 4 is 11.9 Å². The summed E-state index contributed by atoms with van der Waals surface area (Å²) in [5.41, 5.74) is 0. The fourth-order valence-corrected chi connectivity index (χ4v) is 6.83. The molecule has 0 aromatic rings. The second-order valence-electron chi connectivity index (χ2n) is 15.5. The van der Waals surface area contributed by atoms with Crippen LogP contribution in [0.2, 0.25) is 0 Å². The van der Waals surface area contributed by atoms with Gasteiger partial charge in [-0.2, -0.15) is 0 Å². The van der Waals surface area contributed by atoms with Gasteiger partial charge < -0.3 is 39.4 Å². The van der Waals surface area contributed by atoms with E-state index in [1.165, 1.54) is 128 Å². The molecule has 0 aliphatic carbocycles. The Morgan fingerprint density at radius 3 is 1.44 bits per heavy atom. The third-order valence-corrected chi connectivity index (χ3v) is 10.4. The molecule has 6 unspecified atom stereocenters. The summed E-state index contributed by atoms with van der Waals surface area (Å²) in [5, 5.41) is 40.0. The molecule has 1 aliphatic rings. The number of allylic oxidation sites excluding steroid dienone is 2. The largest absolute Gasteiger partial charge is 0.462 e. The number of aliphatic hydroxyl groups excluding tert-OH is 4. The van der Waals surface area contributed by atoms with Crippen molar-refractivity contribution in [2.75, 3.05) is 19.8 Å². The molecule has 4 N–H and O–H groups in total. The number of carbonyl (C=O) groups excluding carboxylic acids is 2. The first-order valence-corrected chi connectivity index (χ1v) is 22.3. The molecule has 0 saturated carbocycles. The summed E-state index contributed by atoms with van der Waals surface area (Å²) in [6, 6.07) is 0. The Hall–Kier alpha value is -1.56. The van der Waals surface area contributed by atoms with Crippen molar-refractivity contribution in [3.05, 3.63) is 12.2 Å². The number of hydrogen-bond donors (Lipinski definition) is 4. The van der Waals surface area contributed by atoms with Gasteiger partial charge in [0.05, 0.1) is 13.2 Å². The Morgan fingerprint density at radius 2 is 0.981 bits per heavy atom. The number of aliphatic hydroxyl groups is 4. The van der Waals surface area contributed by atoms with Crippen molar-refractivity contribution in [3.8, 4) is 0 Å². The lowest BCUT2D eigenvalue weighted by Crippen LogP contribution is -2.59. The summed E-state index contributed by atoms with van der Waals surface area (Å²) in [5.74, 6) is -0.803. The van der Waals surface area contributed by atoms with E-state index in [-0.39, 0.29) is 32.0 Å². The van der Waals surface area contributed by atoms with E-state index in [0.717, 1.165) is 38.5 Å². The Balaban J connectivity index is 2.30. The lowest BCUT2D eigenvalue weighted by Gasteiger charge is -2.39. The molecule has 1 aliphatic heterocycles. The SMILES string of the molecule is CCCCCCCC/C=C\CCCCCCCCCCCC(=O)OC(COC(=O)CCCCCCCCCCCC)COC1OC(CO)C(O)C(O)C1O. The Bertz CT molecular complexity index is 897. The zero-order valence-corrected chi connectivity index (χ0v) is 34.5. The molecule has 1 saturated heterocycles. The molecule has 1 rings (SSSR count).